The van der Waals surface area contributed by atoms with Gasteiger partial charge in [0.25, 0.3) is 0 Å². The summed E-state index contributed by atoms with van der Waals surface area (Å²) in [6.07, 6.45) is 0.661. The van der Waals surface area contributed by atoms with Gasteiger partial charge in [-0.1, -0.05) is 12.1 Å². The van der Waals surface area contributed by atoms with Crippen LogP contribution in [-0.4, -0.2) is 19.5 Å². The lowest BCUT2D eigenvalue weighted by molar-refractivity contribution is -0.119. The molecule has 0 aliphatic rings. The minimum absolute atomic E-state index is 0.0671. The normalized spacial score (nSPS) is 10.1. The van der Waals surface area contributed by atoms with E-state index in [1.54, 1.807) is 19.2 Å². The van der Waals surface area contributed by atoms with Crippen LogP contribution < -0.4 is 0 Å². The highest BCUT2D eigenvalue weighted by atomic mass is 19.1. The van der Waals surface area contributed by atoms with E-state index in [0.29, 0.717) is 18.6 Å². The van der Waals surface area contributed by atoms with Gasteiger partial charge < -0.3 is 4.74 Å². The summed E-state index contributed by atoms with van der Waals surface area (Å²) >= 11 is 0. The molecule has 1 aromatic rings. The minimum Gasteiger partial charge on any atom is -0.384 e. The molecule has 0 radical (unpaired) electrons. The Kier molecular flexibility index (Phi) is 4.26. The summed E-state index contributed by atoms with van der Waals surface area (Å²) in [5.41, 5.74) is 0.714. The largest absolute Gasteiger partial charge is 0.384 e. The third-order valence-electron chi connectivity index (χ3n) is 1.88. The maximum atomic E-state index is 12.7. The van der Waals surface area contributed by atoms with Gasteiger partial charge in [0.15, 0.2) is 0 Å². The maximum Gasteiger partial charge on any atom is 0.139 e. The summed E-state index contributed by atoms with van der Waals surface area (Å²) in [7, 11) is 1.55. The lowest BCUT2D eigenvalue weighted by Crippen LogP contribution is -2.06. The quantitative estimate of drug-likeness (QED) is 0.719. The third kappa shape index (κ3) is 3.66. The van der Waals surface area contributed by atoms with Crippen molar-refractivity contribution < 1.29 is 13.9 Å². The smallest absolute Gasteiger partial charge is 0.139 e. The summed E-state index contributed by atoms with van der Waals surface area (Å²) in [5, 5.41) is 0. The Morgan fingerprint density at radius 3 is 2.93 bits per heavy atom. The highest BCUT2D eigenvalue weighted by molar-refractivity contribution is 5.80. The molecule has 1 aromatic carbocycles. The minimum atomic E-state index is -0.304. The van der Waals surface area contributed by atoms with Crippen LogP contribution in [0.1, 0.15) is 12.0 Å². The van der Waals surface area contributed by atoms with Crippen LogP contribution in [0.15, 0.2) is 24.3 Å². The molecule has 0 atom stereocenters. The van der Waals surface area contributed by atoms with Crippen molar-refractivity contribution in [2.45, 2.75) is 12.8 Å². The van der Waals surface area contributed by atoms with E-state index >= 15 is 0 Å². The lowest BCUT2D eigenvalue weighted by atomic mass is 10.1. The number of ether oxygens (including phenoxy) is 1. The Balaban J connectivity index is 2.47. The Bertz CT molecular complexity index is 310. The topological polar surface area (TPSA) is 26.3 Å². The number of Topliss-reactive ketones (excluding diaryl/α,β-unsaturated/α-hetero) is 1. The van der Waals surface area contributed by atoms with E-state index < -0.39 is 0 Å². The average molecular weight is 196 g/mol. The maximum absolute atomic E-state index is 12.7. The average Bonchev–Trinajstić information content (AvgIpc) is 2.15. The van der Waals surface area contributed by atoms with Crippen molar-refractivity contribution in [1.29, 1.82) is 0 Å². The van der Waals surface area contributed by atoms with Gasteiger partial charge in [-0.15, -0.1) is 0 Å². The molecule has 0 saturated heterocycles. The molecule has 0 N–H and O–H groups in total. The zero-order chi connectivity index (χ0) is 10.4. The fourth-order valence-corrected chi connectivity index (χ4v) is 1.18. The summed E-state index contributed by atoms with van der Waals surface area (Å²) in [5.74, 6) is -0.237. The molecule has 0 aliphatic heterocycles. The molecule has 14 heavy (non-hydrogen) atoms. The fraction of sp³-hybridized carbons (Fsp3) is 0.364. The number of carbonyl (C=O) groups is 1. The number of hydrogen-bond donors (Lipinski definition) is 0. The summed E-state index contributed by atoms with van der Waals surface area (Å²) in [6, 6.07) is 6.09. The van der Waals surface area contributed by atoms with Gasteiger partial charge in [0, 0.05) is 20.0 Å². The first-order chi connectivity index (χ1) is 6.72. The first-order valence-electron chi connectivity index (χ1n) is 4.47. The molecule has 0 unspecified atom stereocenters. The van der Waals surface area contributed by atoms with Crippen LogP contribution in [0.25, 0.3) is 0 Å². The molecule has 1 rings (SSSR count). The molecule has 0 aliphatic carbocycles. The molecule has 76 valence electrons. The number of rotatable bonds is 5. The molecule has 0 heterocycles. The first kappa shape index (κ1) is 10.9. The van der Waals surface area contributed by atoms with E-state index in [9.17, 15) is 9.18 Å². The van der Waals surface area contributed by atoms with Gasteiger partial charge in [0.1, 0.15) is 11.6 Å². The first-order valence-corrected chi connectivity index (χ1v) is 4.47. The van der Waals surface area contributed by atoms with Crippen molar-refractivity contribution in [3.63, 3.8) is 0 Å². The summed E-state index contributed by atoms with van der Waals surface area (Å²) in [4.78, 5) is 11.3. The second-order valence-electron chi connectivity index (χ2n) is 3.09. The zero-order valence-electron chi connectivity index (χ0n) is 8.13. The Hall–Kier alpha value is -1.22. The SMILES string of the molecule is COCCC(=O)Cc1cccc(F)c1. The van der Waals surface area contributed by atoms with Gasteiger partial charge in [-0.3, -0.25) is 4.79 Å². The van der Waals surface area contributed by atoms with E-state index in [2.05, 4.69) is 0 Å². The standard InChI is InChI=1S/C11H13FO2/c1-14-6-5-11(13)8-9-3-2-4-10(12)7-9/h2-4,7H,5-6,8H2,1H3. The van der Waals surface area contributed by atoms with Crippen LogP contribution in [0.3, 0.4) is 0 Å². The Morgan fingerprint density at radius 1 is 1.50 bits per heavy atom. The van der Waals surface area contributed by atoms with Gasteiger partial charge in [-0.2, -0.15) is 0 Å². The van der Waals surface area contributed by atoms with E-state index in [1.165, 1.54) is 12.1 Å². The van der Waals surface area contributed by atoms with Crippen LogP contribution >= 0.6 is 0 Å². The molecule has 0 fully saturated rings. The molecule has 2 nitrogen and oxygen atoms in total. The van der Waals surface area contributed by atoms with Crippen LogP contribution in [0.2, 0.25) is 0 Å². The predicted molar refractivity (Wildman–Crippen MR) is 51.6 cm³/mol. The number of benzene rings is 1. The van der Waals surface area contributed by atoms with Gasteiger partial charge in [0.2, 0.25) is 0 Å². The van der Waals surface area contributed by atoms with Gasteiger partial charge in [-0.05, 0) is 17.7 Å². The van der Waals surface area contributed by atoms with Crippen molar-refractivity contribution >= 4 is 5.78 Å². The highest BCUT2D eigenvalue weighted by Gasteiger charge is 2.03. The second-order valence-corrected chi connectivity index (χ2v) is 3.09. The fourth-order valence-electron chi connectivity index (χ4n) is 1.18. The molecule has 0 spiro atoms. The van der Waals surface area contributed by atoms with Gasteiger partial charge >= 0.3 is 0 Å². The number of hydrogen-bond acceptors (Lipinski definition) is 2. The second kappa shape index (κ2) is 5.50. The summed E-state index contributed by atoms with van der Waals surface area (Å²) in [6.45, 7) is 0.425. The monoisotopic (exact) mass is 196 g/mol. The molecule has 0 bridgehead atoms. The lowest BCUT2D eigenvalue weighted by Gasteiger charge is -2.00. The van der Waals surface area contributed by atoms with E-state index in [4.69, 9.17) is 4.74 Å². The van der Waals surface area contributed by atoms with Crippen LogP contribution in [0.5, 0.6) is 0 Å². The molecule has 0 aromatic heterocycles. The zero-order valence-corrected chi connectivity index (χ0v) is 8.13. The van der Waals surface area contributed by atoms with Crippen molar-refractivity contribution in [2.24, 2.45) is 0 Å². The van der Waals surface area contributed by atoms with E-state index in [0.717, 1.165) is 0 Å². The van der Waals surface area contributed by atoms with Crippen LogP contribution in [0, 0.1) is 5.82 Å². The molecular weight excluding hydrogens is 183 g/mol. The van der Waals surface area contributed by atoms with Gasteiger partial charge in [-0.25, -0.2) is 4.39 Å². The third-order valence-corrected chi connectivity index (χ3v) is 1.88. The van der Waals surface area contributed by atoms with Gasteiger partial charge in [0.05, 0.1) is 6.61 Å². The summed E-state index contributed by atoms with van der Waals surface area (Å²) < 4.78 is 17.5. The predicted octanol–water partition coefficient (Wildman–Crippen LogP) is 1.97. The van der Waals surface area contributed by atoms with Crippen molar-refractivity contribution in [1.82, 2.24) is 0 Å². The molecular formula is C11H13FO2. The van der Waals surface area contributed by atoms with E-state index in [1.807, 2.05) is 0 Å². The molecule has 0 saturated carbocycles. The Morgan fingerprint density at radius 2 is 2.29 bits per heavy atom. The Labute approximate surface area is 82.7 Å². The van der Waals surface area contributed by atoms with Crippen molar-refractivity contribution in [3.05, 3.63) is 35.6 Å². The number of carbonyl (C=O) groups excluding carboxylic acids is 1. The van der Waals surface area contributed by atoms with Crippen molar-refractivity contribution in [2.75, 3.05) is 13.7 Å². The van der Waals surface area contributed by atoms with E-state index in [-0.39, 0.29) is 18.0 Å². The van der Waals surface area contributed by atoms with Crippen LogP contribution in [0.4, 0.5) is 4.39 Å². The van der Waals surface area contributed by atoms with Crippen LogP contribution in [-0.2, 0) is 16.0 Å². The molecule has 3 heteroatoms. The molecule has 0 amide bonds. The number of halogens is 1. The van der Waals surface area contributed by atoms with Crippen molar-refractivity contribution in [3.8, 4) is 0 Å². The number of ketones is 1. The highest BCUT2D eigenvalue weighted by Crippen LogP contribution is 2.05. The number of methoxy groups -OCH3 is 1.